The molecule has 1 fully saturated rings. The molecule has 0 bridgehead atoms. The van der Waals surface area contributed by atoms with Gasteiger partial charge in [0.2, 0.25) is 0 Å². The minimum atomic E-state index is -0.137. The normalized spacial score (nSPS) is 21.5. The summed E-state index contributed by atoms with van der Waals surface area (Å²) < 4.78 is 12.9. The Bertz CT molecular complexity index is 310. The Morgan fingerprint density at radius 2 is 2.40 bits per heavy atom. The lowest BCUT2D eigenvalue weighted by Crippen LogP contribution is -2.30. The van der Waals surface area contributed by atoms with Gasteiger partial charge in [-0.05, 0) is 50.0 Å². The largest absolute Gasteiger partial charge is 0.316 e. The Hall–Kier alpha value is -0.540. The second kappa shape index (κ2) is 5.52. The molecule has 1 nitrogen and oxygen atoms in total. The molecule has 1 atom stereocenters. The van der Waals surface area contributed by atoms with E-state index in [2.05, 4.69) is 5.32 Å². The number of benzene rings is 1. The van der Waals surface area contributed by atoms with Gasteiger partial charge in [-0.3, -0.25) is 0 Å². The molecule has 1 aliphatic heterocycles. The Morgan fingerprint density at radius 3 is 3.13 bits per heavy atom. The lowest BCUT2D eigenvalue weighted by atomic mass is 10.0. The van der Waals surface area contributed by atoms with Gasteiger partial charge < -0.3 is 5.32 Å². The summed E-state index contributed by atoms with van der Waals surface area (Å²) in [6.45, 7) is 2.27. The van der Waals surface area contributed by atoms with Crippen LogP contribution >= 0.6 is 11.8 Å². The van der Waals surface area contributed by atoms with Crippen LogP contribution in [0.25, 0.3) is 0 Å². The first-order valence-electron chi connectivity index (χ1n) is 5.44. The molecule has 0 spiro atoms. The summed E-state index contributed by atoms with van der Waals surface area (Å²) in [6, 6.07) is 6.86. The van der Waals surface area contributed by atoms with Gasteiger partial charge in [-0.1, -0.05) is 6.07 Å². The lowest BCUT2D eigenvalue weighted by molar-refractivity contribution is 0.410. The summed E-state index contributed by atoms with van der Waals surface area (Å²) in [5.74, 6) is 1.70. The van der Waals surface area contributed by atoms with Gasteiger partial charge in [0, 0.05) is 10.6 Å². The molecule has 1 N–H and O–H groups in total. The number of thioether (sulfide) groups is 1. The van der Waals surface area contributed by atoms with Crippen LogP contribution < -0.4 is 5.32 Å². The summed E-state index contributed by atoms with van der Waals surface area (Å²) >= 11 is 1.76. The molecule has 1 aliphatic rings. The summed E-state index contributed by atoms with van der Waals surface area (Å²) in [7, 11) is 0. The second-order valence-corrected chi connectivity index (χ2v) is 5.07. The first kappa shape index (κ1) is 11.0. The number of hydrogen-bond acceptors (Lipinski definition) is 2. The molecule has 82 valence electrons. The molecule has 0 amide bonds. The second-order valence-electron chi connectivity index (χ2n) is 3.98. The van der Waals surface area contributed by atoms with Gasteiger partial charge >= 0.3 is 0 Å². The molecule has 1 heterocycles. The van der Waals surface area contributed by atoms with E-state index >= 15 is 0 Å². The van der Waals surface area contributed by atoms with Crippen LogP contribution in [0.15, 0.2) is 29.2 Å². The fraction of sp³-hybridized carbons (Fsp3) is 0.500. The third kappa shape index (κ3) is 3.50. The SMILES string of the molecule is Fc1cccc(SCC2CCCNC2)c1. The fourth-order valence-corrected chi connectivity index (χ4v) is 2.92. The molecular weight excluding hydrogens is 209 g/mol. The van der Waals surface area contributed by atoms with Gasteiger partial charge in [0.25, 0.3) is 0 Å². The summed E-state index contributed by atoms with van der Waals surface area (Å²) in [4.78, 5) is 1.04. The first-order chi connectivity index (χ1) is 7.34. The highest BCUT2D eigenvalue weighted by molar-refractivity contribution is 7.99. The zero-order valence-corrected chi connectivity index (χ0v) is 9.52. The van der Waals surface area contributed by atoms with Crippen LogP contribution in [-0.2, 0) is 0 Å². The molecular formula is C12H16FNS. The fourth-order valence-electron chi connectivity index (χ4n) is 1.84. The Balaban J connectivity index is 1.81. The van der Waals surface area contributed by atoms with Gasteiger partial charge in [-0.15, -0.1) is 11.8 Å². The number of halogens is 1. The number of piperidine rings is 1. The average Bonchev–Trinajstić information content (AvgIpc) is 2.28. The molecule has 1 unspecified atom stereocenters. The topological polar surface area (TPSA) is 12.0 Å². The quantitative estimate of drug-likeness (QED) is 0.794. The minimum Gasteiger partial charge on any atom is -0.316 e. The Labute approximate surface area is 94.5 Å². The van der Waals surface area contributed by atoms with Gasteiger partial charge in [0.1, 0.15) is 5.82 Å². The molecule has 0 aliphatic carbocycles. The smallest absolute Gasteiger partial charge is 0.124 e. The van der Waals surface area contributed by atoms with Crippen molar-refractivity contribution in [2.45, 2.75) is 17.7 Å². The molecule has 1 aromatic carbocycles. The molecule has 0 radical (unpaired) electrons. The highest BCUT2D eigenvalue weighted by Crippen LogP contribution is 2.24. The van der Waals surface area contributed by atoms with Crippen molar-refractivity contribution in [2.24, 2.45) is 5.92 Å². The van der Waals surface area contributed by atoms with Crippen LogP contribution in [0.5, 0.6) is 0 Å². The number of rotatable bonds is 3. The van der Waals surface area contributed by atoms with E-state index in [1.807, 2.05) is 6.07 Å². The molecule has 15 heavy (non-hydrogen) atoms. The number of hydrogen-bond donors (Lipinski definition) is 1. The highest BCUT2D eigenvalue weighted by atomic mass is 32.2. The standard InChI is InChI=1S/C12H16FNS/c13-11-4-1-5-12(7-11)15-9-10-3-2-6-14-8-10/h1,4-5,7,10,14H,2-3,6,8-9H2. The van der Waals surface area contributed by atoms with Crippen molar-refractivity contribution >= 4 is 11.8 Å². The summed E-state index contributed by atoms with van der Waals surface area (Å²) in [5, 5.41) is 3.40. The van der Waals surface area contributed by atoms with Gasteiger partial charge in [-0.25, -0.2) is 4.39 Å². The lowest BCUT2D eigenvalue weighted by Gasteiger charge is -2.22. The van der Waals surface area contributed by atoms with Crippen molar-refractivity contribution in [1.29, 1.82) is 0 Å². The van der Waals surface area contributed by atoms with E-state index in [1.165, 1.54) is 18.9 Å². The van der Waals surface area contributed by atoms with E-state index < -0.39 is 0 Å². The maximum Gasteiger partial charge on any atom is 0.124 e. The maximum absolute atomic E-state index is 12.9. The van der Waals surface area contributed by atoms with E-state index in [-0.39, 0.29) is 5.82 Å². The Morgan fingerprint density at radius 1 is 1.47 bits per heavy atom. The van der Waals surface area contributed by atoms with Crippen molar-refractivity contribution in [3.05, 3.63) is 30.1 Å². The molecule has 0 aromatic heterocycles. The predicted octanol–water partition coefficient (Wildman–Crippen LogP) is 2.92. The average molecular weight is 225 g/mol. The van der Waals surface area contributed by atoms with E-state index in [0.717, 1.165) is 29.7 Å². The number of nitrogens with one attached hydrogen (secondary N) is 1. The summed E-state index contributed by atoms with van der Waals surface area (Å²) in [6.07, 6.45) is 2.57. The zero-order chi connectivity index (χ0) is 10.5. The van der Waals surface area contributed by atoms with E-state index in [0.29, 0.717) is 0 Å². The van der Waals surface area contributed by atoms with Crippen molar-refractivity contribution in [3.63, 3.8) is 0 Å². The van der Waals surface area contributed by atoms with Crippen LogP contribution in [0.3, 0.4) is 0 Å². The maximum atomic E-state index is 12.9. The molecule has 3 heteroatoms. The zero-order valence-electron chi connectivity index (χ0n) is 8.71. The van der Waals surface area contributed by atoms with Gasteiger partial charge in [-0.2, -0.15) is 0 Å². The molecule has 1 aromatic rings. The van der Waals surface area contributed by atoms with Crippen LogP contribution in [0.1, 0.15) is 12.8 Å². The van der Waals surface area contributed by atoms with Crippen molar-refractivity contribution in [1.82, 2.24) is 5.32 Å². The third-order valence-electron chi connectivity index (χ3n) is 2.68. The van der Waals surface area contributed by atoms with Crippen molar-refractivity contribution < 1.29 is 4.39 Å². The van der Waals surface area contributed by atoms with Gasteiger partial charge in [0.05, 0.1) is 0 Å². The van der Waals surface area contributed by atoms with Crippen molar-refractivity contribution in [2.75, 3.05) is 18.8 Å². The third-order valence-corrected chi connectivity index (χ3v) is 3.91. The van der Waals surface area contributed by atoms with E-state index in [1.54, 1.807) is 23.9 Å². The van der Waals surface area contributed by atoms with Crippen LogP contribution in [-0.4, -0.2) is 18.8 Å². The monoisotopic (exact) mass is 225 g/mol. The molecule has 1 saturated heterocycles. The molecule has 0 saturated carbocycles. The highest BCUT2D eigenvalue weighted by Gasteiger charge is 2.12. The van der Waals surface area contributed by atoms with E-state index in [9.17, 15) is 4.39 Å². The van der Waals surface area contributed by atoms with Gasteiger partial charge in [0.15, 0.2) is 0 Å². The van der Waals surface area contributed by atoms with E-state index in [4.69, 9.17) is 0 Å². The first-order valence-corrected chi connectivity index (χ1v) is 6.42. The summed E-state index contributed by atoms with van der Waals surface area (Å²) in [5.41, 5.74) is 0. The van der Waals surface area contributed by atoms with Crippen molar-refractivity contribution in [3.8, 4) is 0 Å². The van der Waals surface area contributed by atoms with Crippen LogP contribution in [0, 0.1) is 11.7 Å². The Kier molecular flexibility index (Phi) is 4.03. The molecule has 2 rings (SSSR count). The predicted molar refractivity (Wildman–Crippen MR) is 62.7 cm³/mol. The van der Waals surface area contributed by atoms with Crippen LogP contribution in [0.4, 0.5) is 4.39 Å². The minimum absolute atomic E-state index is 0.137. The van der Waals surface area contributed by atoms with Crippen LogP contribution in [0.2, 0.25) is 0 Å².